The number of rotatable bonds is 6. The molecular weight excluding hydrogens is 476 g/mol. The first-order chi connectivity index (χ1) is 16.0. The first kappa shape index (κ1) is 24.4. The smallest absolute Gasteiger partial charge is 0.324 e. The van der Waals surface area contributed by atoms with Gasteiger partial charge in [-0.25, -0.2) is 8.42 Å². The van der Waals surface area contributed by atoms with Gasteiger partial charge < -0.3 is 9.64 Å². The van der Waals surface area contributed by atoms with E-state index < -0.39 is 28.6 Å². The number of fused-ring (bicyclic) bond motifs is 1. The van der Waals surface area contributed by atoms with E-state index in [1.54, 1.807) is 0 Å². The molecule has 34 heavy (non-hydrogen) atoms. The van der Waals surface area contributed by atoms with E-state index in [9.17, 15) is 18.0 Å². The third-order valence-electron chi connectivity index (χ3n) is 6.49. The molecule has 0 bridgehead atoms. The van der Waals surface area contributed by atoms with E-state index in [4.69, 9.17) is 16.3 Å². The Labute approximate surface area is 205 Å². The fourth-order valence-electron chi connectivity index (χ4n) is 4.70. The Morgan fingerprint density at radius 3 is 2.50 bits per heavy atom. The number of likely N-dealkylation sites (N-methyl/N-ethyl adjacent to an activating group) is 1. The molecular formula is C25H27ClN2O5S. The molecule has 1 fully saturated rings. The van der Waals surface area contributed by atoms with Crippen molar-refractivity contribution in [3.05, 3.63) is 70.9 Å². The summed E-state index contributed by atoms with van der Waals surface area (Å²) in [5.41, 5.74) is 2.57. The highest BCUT2D eigenvalue weighted by Crippen LogP contribution is 2.46. The lowest BCUT2D eigenvalue weighted by molar-refractivity contribution is -0.150. The van der Waals surface area contributed by atoms with Gasteiger partial charge in [-0.2, -0.15) is 4.31 Å². The summed E-state index contributed by atoms with van der Waals surface area (Å²) in [5.74, 6) is -1.08. The minimum Gasteiger partial charge on any atom is -0.456 e. The Balaban J connectivity index is 1.44. The highest BCUT2D eigenvalue weighted by atomic mass is 35.5. The van der Waals surface area contributed by atoms with Gasteiger partial charge in [-0.3, -0.25) is 9.59 Å². The van der Waals surface area contributed by atoms with Gasteiger partial charge in [0.15, 0.2) is 12.4 Å². The van der Waals surface area contributed by atoms with E-state index >= 15 is 0 Å². The molecule has 4 rings (SSSR count). The minimum atomic E-state index is -3.89. The number of carbonyl (C=O) groups is 2. The summed E-state index contributed by atoms with van der Waals surface area (Å²) < 4.78 is 32.5. The quantitative estimate of drug-likeness (QED) is 0.440. The van der Waals surface area contributed by atoms with Crippen LogP contribution in [0.5, 0.6) is 0 Å². The number of anilines is 1. The number of para-hydroxylation sites is 1. The van der Waals surface area contributed by atoms with Crippen molar-refractivity contribution in [3.8, 4) is 0 Å². The Morgan fingerprint density at radius 2 is 1.82 bits per heavy atom. The number of nitrogens with zero attached hydrogens (tertiary/aromatic N) is 2. The molecule has 7 nitrogen and oxygen atoms in total. The van der Waals surface area contributed by atoms with Crippen LogP contribution in [0.15, 0.2) is 65.2 Å². The highest BCUT2D eigenvalue weighted by molar-refractivity contribution is 7.89. The summed E-state index contributed by atoms with van der Waals surface area (Å²) in [7, 11) is -1.99. The predicted molar refractivity (Wildman–Crippen MR) is 130 cm³/mol. The second-order valence-corrected chi connectivity index (χ2v) is 11.4. The van der Waals surface area contributed by atoms with Crippen LogP contribution in [0.4, 0.5) is 5.69 Å². The van der Waals surface area contributed by atoms with Crippen molar-refractivity contribution in [1.82, 2.24) is 4.31 Å². The molecule has 9 heteroatoms. The fourth-order valence-corrected chi connectivity index (χ4v) is 6.47. The number of ether oxygens (including phenoxy) is 1. The lowest BCUT2D eigenvalue weighted by Crippen LogP contribution is -2.41. The Hall–Kier alpha value is -2.68. The first-order valence-corrected chi connectivity index (χ1v) is 12.9. The van der Waals surface area contributed by atoms with Gasteiger partial charge in [0.25, 0.3) is 0 Å². The molecule has 2 aromatic carbocycles. The number of ketones is 1. The lowest BCUT2D eigenvalue weighted by Gasteiger charge is -2.24. The third-order valence-corrected chi connectivity index (χ3v) is 8.67. The number of hydrogen-bond acceptors (Lipinski definition) is 6. The van der Waals surface area contributed by atoms with Crippen molar-refractivity contribution < 1.29 is 22.7 Å². The van der Waals surface area contributed by atoms with Crippen LogP contribution >= 0.6 is 11.6 Å². The molecule has 2 aliphatic rings. The number of sulfonamides is 1. The van der Waals surface area contributed by atoms with Crippen LogP contribution in [0, 0.1) is 0 Å². The molecule has 180 valence electrons. The van der Waals surface area contributed by atoms with Gasteiger partial charge in [0, 0.05) is 41.5 Å². The van der Waals surface area contributed by atoms with Crippen molar-refractivity contribution in [2.24, 2.45) is 0 Å². The zero-order valence-electron chi connectivity index (χ0n) is 19.3. The molecule has 1 atom stereocenters. The standard InChI is InChI=1S/C25H27ClN2O5S/c1-25(2)20-7-4-5-8-21(20)27(3)23(25)15-18(29)16-33-24(30)22-9-6-14-28(22)34(31,32)19-12-10-17(26)11-13-19/h4-5,7-8,10-13,15,22H,6,9,14,16H2,1-3H3/b23-15-/t22-/m0/s1. The van der Waals surface area contributed by atoms with Gasteiger partial charge in [-0.1, -0.05) is 43.6 Å². The molecule has 1 saturated heterocycles. The number of carbonyl (C=O) groups excluding carboxylic acids is 2. The summed E-state index contributed by atoms with van der Waals surface area (Å²) in [6.45, 7) is 3.84. The van der Waals surface area contributed by atoms with Gasteiger partial charge in [0.05, 0.1) is 4.90 Å². The monoisotopic (exact) mass is 502 g/mol. The van der Waals surface area contributed by atoms with E-state index in [0.717, 1.165) is 21.3 Å². The molecule has 0 spiro atoms. The van der Waals surface area contributed by atoms with Crippen LogP contribution in [0.1, 0.15) is 32.3 Å². The van der Waals surface area contributed by atoms with Gasteiger partial charge in [0.1, 0.15) is 6.04 Å². The molecule has 2 aromatic rings. The molecule has 0 aliphatic carbocycles. The van der Waals surface area contributed by atoms with Crippen LogP contribution in [0.3, 0.4) is 0 Å². The van der Waals surface area contributed by atoms with Crippen LogP contribution in [0.25, 0.3) is 0 Å². The average Bonchev–Trinajstić information content (AvgIpc) is 3.37. The van der Waals surface area contributed by atoms with Crippen LogP contribution in [-0.4, -0.2) is 50.7 Å². The normalized spacial score (nSPS) is 21.0. The summed E-state index contributed by atoms with van der Waals surface area (Å²) in [6, 6.07) is 12.8. The maximum atomic E-state index is 13.0. The largest absolute Gasteiger partial charge is 0.456 e. The van der Waals surface area contributed by atoms with Crippen LogP contribution in [0.2, 0.25) is 5.02 Å². The van der Waals surface area contributed by atoms with Crippen molar-refractivity contribution in [2.75, 3.05) is 25.1 Å². The van der Waals surface area contributed by atoms with Crippen LogP contribution in [-0.2, 0) is 29.8 Å². The zero-order chi connectivity index (χ0) is 24.7. The van der Waals surface area contributed by atoms with Crippen molar-refractivity contribution >= 4 is 39.1 Å². The molecule has 0 saturated carbocycles. The van der Waals surface area contributed by atoms with Crippen molar-refractivity contribution in [3.63, 3.8) is 0 Å². The summed E-state index contributed by atoms with van der Waals surface area (Å²) in [4.78, 5) is 27.5. The number of benzene rings is 2. The van der Waals surface area contributed by atoms with E-state index in [0.29, 0.717) is 17.9 Å². The average molecular weight is 503 g/mol. The maximum absolute atomic E-state index is 13.0. The topological polar surface area (TPSA) is 84.0 Å². The Bertz CT molecular complexity index is 1250. The van der Waals surface area contributed by atoms with E-state index in [1.165, 1.54) is 30.3 Å². The number of allylic oxidation sites excluding steroid dienone is 1. The predicted octanol–water partition coefficient (Wildman–Crippen LogP) is 3.92. The zero-order valence-corrected chi connectivity index (χ0v) is 20.9. The number of esters is 1. The van der Waals surface area contributed by atoms with E-state index in [2.05, 4.69) is 0 Å². The third kappa shape index (κ3) is 4.37. The van der Waals surface area contributed by atoms with Gasteiger partial charge in [-0.15, -0.1) is 0 Å². The Kier molecular flexibility index (Phi) is 6.59. The molecule has 0 unspecified atom stereocenters. The molecule has 2 aliphatic heterocycles. The fraction of sp³-hybridized carbons (Fsp3) is 0.360. The van der Waals surface area contributed by atoms with Gasteiger partial charge in [0.2, 0.25) is 10.0 Å². The van der Waals surface area contributed by atoms with Gasteiger partial charge >= 0.3 is 5.97 Å². The van der Waals surface area contributed by atoms with E-state index in [1.807, 2.05) is 50.1 Å². The highest BCUT2D eigenvalue weighted by Gasteiger charge is 2.41. The second-order valence-electron chi connectivity index (χ2n) is 9.03. The number of hydrogen-bond donors (Lipinski definition) is 0. The summed E-state index contributed by atoms with van der Waals surface area (Å²) in [5, 5.41) is 0.420. The second kappa shape index (κ2) is 9.17. The maximum Gasteiger partial charge on any atom is 0.324 e. The van der Waals surface area contributed by atoms with Crippen molar-refractivity contribution in [2.45, 2.75) is 43.0 Å². The van der Waals surface area contributed by atoms with Gasteiger partial charge in [-0.05, 0) is 48.7 Å². The molecule has 0 amide bonds. The molecule has 0 aromatic heterocycles. The Morgan fingerprint density at radius 1 is 1.15 bits per heavy atom. The molecule has 0 radical (unpaired) electrons. The summed E-state index contributed by atoms with van der Waals surface area (Å²) >= 11 is 5.86. The van der Waals surface area contributed by atoms with E-state index in [-0.39, 0.29) is 22.6 Å². The number of halogens is 1. The molecule has 0 N–H and O–H groups in total. The van der Waals surface area contributed by atoms with Crippen LogP contribution < -0.4 is 4.90 Å². The minimum absolute atomic E-state index is 0.0588. The SMILES string of the molecule is CN1/C(=C\C(=O)COC(=O)[C@@H]2CCCN2S(=O)(=O)c2ccc(Cl)cc2)C(C)(C)c2ccccc21. The first-order valence-electron chi connectivity index (χ1n) is 11.1. The molecule has 2 heterocycles. The lowest BCUT2D eigenvalue weighted by atomic mass is 9.83. The summed E-state index contributed by atoms with van der Waals surface area (Å²) in [6.07, 6.45) is 2.37. The van der Waals surface area contributed by atoms with Crippen molar-refractivity contribution in [1.29, 1.82) is 0 Å².